The predicted octanol–water partition coefficient (Wildman–Crippen LogP) is 3.81. The summed E-state index contributed by atoms with van der Waals surface area (Å²) in [6.07, 6.45) is 6.59. The van der Waals surface area contributed by atoms with Crippen LogP contribution in [0, 0.1) is 0 Å². The Hall–Kier alpha value is -1.35. The fourth-order valence-corrected chi connectivity index (χ4v) is 2.72. The van der Waals surface area contributed by atoms with E-state index in [1.807, 2.05) is 37.3 Å². The fraction of sp³-hybridized carbons (Fsp3) is 0.611. The predicted molar refractivity (Wildman–Crippen MR) is 87.2 cm³/mol. The maximum absolute atomic E-state index is 12.5. The molecule has 118 valence electrons. The minimum absolute atomic E-state index is 0.186. The highest BCUT2D eigenvalue weighted by Gasteiger charge is 2.39. The van der Waals surface area contributed by atoms with Crippen LogP contribution in [0.25, 0.3) is 0 Å². The Morgan fingerprint density at radius 3 is 2.33 bits per heavy atom. The van der Waals surface area contributed by atoms with E-state index in [9.17, 15) is 4.79 Å². The van der Waals surface area contributed by atoms with Gasteiger partial charge < -0.3 is 10.5 Å². The average Bonchev–Trinajstić information content (AvgIpc) is 2.52. The molecule has 0 bridgehead atoms. The molecule has 0 aliphatic carbocycles. The van der Waals surface area contributed by atoms with Gasteiger partial charge in [-0.05, 0) is 18.9 Å². The number of ether oxygens (including phenoxy) is 1. The van der Waals surface area contributed by atoms with Crippen LogP contribution in [0.2, 0.25) is 0 Å². The van der Waals surface area contributed by atoms with E-state index in [1.165, 1.54) is 19.3 Å². The van der Waals surface area contributed by atoms with Crippen LogP contribution in [0.4, 0.5) is 0 Å². The Morgan fingerprint density at radius 1 is 1.10 bits per heavy atom. The Labute approximate surface area is 128 Å². The van der Waals surface area contributed by atoms with Crippen molar-refractivity contribution in [3.05, 3.63) is 35.9 Å². The topological polar surface area (TPSA) is 52.3 Å². The highest BCUT2D eigenvalue weighted by atomic mass is 16.5. The van der Waals surface area contributed by atoms with Crippen LogP contribution in [-0.2, 0) is 14.9 Å². The Bertz CT molecular complexity index is 405. The molecule has 0 saturated heterocycles. The van der Waals surface area contributed by atoms with E-state index in [0.717, 1.165) is 24.8 Å². The second-order valence-corrected chi connectivity index (χ2v) is 5.54. The lowest BCUT2D eigenvalue weighted by Gasteiger charge is -2.30. The van der Waals surface area contributed by atoms with Crippen molar-refractivity contribution in [3.63, 3.8) is 0 Å². The lowest BCUT2D eigenvalue weighted by molar-refractivity contribution is -0.150. The summed E-state index contributed by atoms with van der Waals surface area (Å²) in [5.74, 6) is -0.186. The van der Waals surface area contributed by atoms with Gasteiger partial charge in [0.15, 0.2) is 0 Å². The number of hydrogen-bond donors (Lipinski definition) is 1. The number of nitrogens with two attached hydrogens (primary N) is 1. The molecule has 1 atom stereocenters. The molecule has 0 aliphatic heterocycles. The van der Waals surface area contributed by atoms with Crippen LogP contribution in [-0.4, -0.2) is 19.1 Å². The fourth-order valence-electron chi connectivity index (χ4n) is 2.72. The maximum atomic E-state index is 12.5. The third-order valence-corrected chi connectivity index (χ3v) is 4.05. The first-order valence-corrected chi connectivity index (χ1v) is 8.14. The van der Waals surface area contributed by atoms with Crippen molar-refractivity contribution >= 4 is 5.97 Å². The molecule has 1 rings (SSSR count). The second kappa shape index (κ2) is 9.56. The zero-order chi connectivity index (χ0) is 15.6. The van der Waals surface area contributed by atoms with E-state index in [4.69, 9.17) is 10.5 Å². The average molecular weight is 291 g/mol. The van der Waals surface area contributed by atoms with Crippen LogP contribution in [0.5, 0.6) is 0 Å². The van der Waals surface area contributed by atoms with Gasteiger partial charge in [0.2, 0.25) is 0 Å². The first-order chi connectivity index (χ1) is 10.2. The second-order valence-electron chi connectivity index (χ2n) is 5.54. The highest BCUT2D eigenvalue weighted by molar-refractivity contribution is 5.83. The molecular formula is C18H29NO2. The van der Waals surface area contributed by atoms with Gasteiger partial charge in [-0.15, -0.1) is 0 Å². The minimum atomic E-state index is -0.691. The van der Waals surface area contributed by atoms with Gasteiger partial charge in [0.25, 0.3) is 0 Å². The molecule has 1 aromatic rings. The van der Waals surface area contributed by atoms with Crippen LogP contribution in [0.3, 0.4) is 0 Å². The summed E-state index contributed by atoms with van der Waals surface area (Å²) in [6.45, 7) is 4.73. The normalized spacial score (nSPS) is 13.7. The molecule has 3 heteroatoms. The van der Waals surface area contributed by atoms with Crippen LogP contribution < -0.4 is 5.73 Å². The van der Waals surface area contributed by atoms with Gasteiger partial charge >= 0.3 is 5.97 Å². The number of carbonyl (C=O) groups is 1. The molecule has 21 heavy (non-hydrogen) atoms. The van der Waals surface area contributed by atoms with Gasteiger partial charge in [-0.3, -0.25) is 4.79 Å². The van der Waals surface area contributed by atoms with Gasteiger partial charge in [-0.2, -0.15) is 0 Å². The Morgan fingerprint density at radius 2 is 1.76 bits per heavy atom. The standard InChI is InChI=1S/C18H29NO2/c1-3-5-6-7-11-14-18(15-19,17(20)21-4-2)16-12-9-8-10-13-16/h8-10,12-13H,3-7,11,14-15,19H2,1-2H3. The van der Waals surface area contributed by atoms with Crippen molar-refractivity contribution in [2.75, 3.05) is 13.2 Å². The number of benzene rings is 1. The van der Waals surface area contributed by atoms with E-state index in [0.29, 0.717) is 13.2 Å². The monoisotopic (exact) mass is 291 g/mol. The smallest absolute Gasteiger partial charge is 0.317 e. The minimum Gasteiger partial charge on any atom is -0.465 e. The number of hydrogen-bond acceptors (Lipinski definition) is 3. The summed E-state index contributed by atoms with van der Waals surface area (Å²) in [5, 5.41) is 0. The van der Waals surface area contributed by atoms with Gasteiger partial charge in [-0.1, -0.05) is 69.4 Å². The van der Waals surface area contributed by atoms with E-state index >= 15 is 0 Å². The molecule has 0 saturated carbocycles. The molecule has 0 heterocycles. The van der Waals surface area contributed by atoms with E-state index in [1.54, 1.807) is 0 Å². The lowest BCUT2D eigenvalue weighted by Crippen LogP contribution is -2.44. The molecule has 1 aromatic carbocycles. The van der Waals surface area contributed by atoms with Crippen molar-refractivity contribution in [1.82, 2.24) is 0 Å². The number of unbranched alkanes of at least 4 members (excludes halogenated alkanes) is 4. The van der Waals surface area contributed by atoms with Gasteiger partial charge in [0, 0.05) is 6.54 Å². The van der Waals surface area contributed by atoms with Crippen LogP contribution in [0.1, 0.15) is 57.9 Å². The van der Waals surface area contributed by atoms with E-state index < -0.39 is 5.41 Å². The van der Waals surface area contributed by atoms with Gasteiger partial charge in [-0.25, -0.2) is 0 Å². The third-order valence-electron chi connectivity index (χ3n) is 4.05. The summed E-state index contributed by atoms with van der Waals surface area (Å²) < 4.78 is 5.31. The molecular weight excluding hydrogens is 262 g/mol. The van der Waals surface area contributed by atoms with E-state index in [2.05, 4.69) is 6.92 Å². The number of rotatable bonds is 10. The highest BCUT2D eigenvalue weighted by Crippen LogP contribution is 2.31. The van der Waals surface area contributed by atoms with Crippen molar-refractivity contribution in [2.24, 2.45) is 5.73 Å². The van der Waals surface area contributed by atoms with Crippen molar-refractivity contribution in [2.45, 2.75) is 57.8 Å². The molecule has 0 amide bonds. The van der Waals surface area contributed by atoms with Crippen LogP contribution >= 0.6 is 0 Å². The molecule has 0 aliphatic rings. The van der Waals surface area contributed by atoms with Crippen molar-refractivity contribution < 1.29 is 9.53 Å². The van der Waals surface area contributed by atoms with Gasteiger partial charge in [0.05, 0.1) is 6.61 Å². The molecule has 2 N–H and O–H groups in total. The Kier molecular flexibility index (Phi) is 8.06. The lowest BCUT2D eigenvalue weighted by atomic mass is 9.76. The Balaban J connectivity index is 2.85. The summed E-state index contributed by atoms with van der Waals surface area (Å²) in [4.78, 5) is 12.5. The summed E-state index contributed by atoms with van der Waals surface area (Å²) >= 11 is 0. The molecule has 3 nitrogen and oxygen atoms in total. The number of esters is 1. The number of carbonyl (C=O) groups excluding carboxylic acids is 1. The molecule has 1 unspecified atom stereocenters. The first kappa shape index (κ1) is 17.7. The zero-order valence-electron chi connectivity index (χ0n) is 13.4. The first-order valence-electron chi connectivity index (χ1n) is 8.14. The van der Waals surface area contributed by atoms with Crippen molar-refractivity contribution in [3.8, 4) is 0 Å². The quantitative estimate of drug-likeness (QED) is 0.527. The largest absolute Gasteiger partial charge is 0.465 e. The molecule has 0 aromatic heterocycles. The molecule has 0 radical (unpaired) electrons. The maximum Gasteiger partial charge on any atom is 0.317 e. The van der Waals surface area contributed by atoms with Gasteiger partial charge in [0.1, 0.15) is 5.41 Å². The SMILES string of the molecule is CCCCCCCC(CN)(C(=O)OCC)c1ccccc1. The summed E-state index contributed by atoms with van der Waals surface area (Å²) in [6, 6.07) is 9.83. The molecule has 0 fully saturated rings. The van der Waals surface area contributed by atoms with E-state index in [-0.39, 0.29) is 5.97 Å². The van der Waals surface area contributed by atoms with Crippen LogP contribution in [0.15, 0.2) is 30.3 Å². The molecule has 0 spiro atoms. The zero-order valence-corrected chi connectivity index (χ0v) is 13.4. The summed E-state index contributed by atoms with van der Waals surface area (Å²) in [7, 11) is 0. The third kappa shape index (κ3) is 4.85. The summed E-state index contributed by atoms with van der Waals surface area (Å²) in [5.41, 5.74) is 6.29. The van der Waals surface area contributed by atoms with Crippen molar-refractivity contribution in [1.29, 1.82) is 0 Å².